The van der Waals surface area contributed by atoms with Gasteiger partial charge in [0.15, 0.2) is 11.0 Å². The van der Waals surface area contributed by atoms with Gasteiger partial charge in [-0.15, -0.1) is 10.2 Å². The Balaban J connectivity index is 1.64. The van der Waals surface area contributed by atoms with Gasteiger partial charge in [-0.2, -0.15) is 0 Å². The van der Waals surface area contributed by atoms with Gasteiger partial charge in [0.05, 0.1) is 18.0 Å². The van der Waals surface area contributed by atoms with Crippen LogP contribution in [0.2, 0.25) is 5.02 Å². The summed E-state index contributed by atoms with van der Waals surface area (Å²) in [5, 5.41) is 12.0. The van der Waals surface area contributed by atoms with Gasteiger partial charge in [0.1, 0.15) is 11.6 Å². The molecule has 0 bridgehead atoms. The van der Waals surface area contributed by atoms with E-state index in [4.69, 9.17) is 16.3 Å². The monoisotopic (exact) mass is 482 g/mol. The first-order valence-corrected chi connectivity index (χ1v) is 11.3. The Morgan fingerprint density at radius 3 is 2.52 bits per heavy atom. The molecule has 0 aliphatic carbocycles. The van der Waals surface area contributed by atoms with Crippen molar-refractivity contribution in [3.8, 4) is 22.8 Å². The first-order valence-electron chi connectivity index (χ1n) is 10.0. The van der Waals surface area contributed by atoms with Crippen molar-refractivity contribution in [1.82, 2.24) is 14.8 Å². The number of halogens is 2. The highest BCUT2D eigenvalue weighted by atomic mass is 35.5. The predicted octanol–water partition coefficient (Wildman–Crippen LogP) is 5.85. The maximum Gasteiger partial charge on any atom is 0.237 e. The van der Waals surface area contributed by atoms with Crippen LogP contribution in [0.5, 0.6) is 5.75 Å². The summed E-state index contributed by atoms with van der Waals surface area (Å²) < 4.78 is 20.7. The quantitative estimate of drug-likeness (QED) is 0.334. The van der Waals surface area contributed by atoms with E-state index in [9.17, 15) is 9.18 Å². The number of benzene rings is 3. The molecule has 1 heterocycles. The van der Waals surface area contributed by atoms with Gasteiger partial charge >= 0.3 is 0 Å². The second kappa shape index (κ2) is 10.1. The average molecular weight is 483 g/mol. The molecule has 1 aromatic heterocycles. The summed E-state index contributed by atoms with van der Waals surface area (Å²) in [5.74, 6) is 0.501. The number of anilines is 1. The van der Waals surface area contributed by atoms with E-state index in [1.165, 1.54) is 31.0 Å². The fourth-order valence-electron chi connectivity index (χ4n) is 3.17. The third-order valence-corrected chi connectivity index (χ3v) is 6.10. The molecule has 168 valence electrons. The number of carbonyl (C=O) groups is 1. The van der Waals surface area contributed by atoms with Crippen LogP contribution < -0.4 is 10.1 Å². The molecule has 4 aromatic rings. The van der Waals surface area contributed by atoms with Crippen LogP contribution in [0, 0.1) is 5.82 Å². The van der Waals surface area contributed by atoms with E-state index in [1.54, 1.807) is 37.3 Å². The van der Waals surface area contributed by atoms with Crippen LogP contribution in [0.25, 0.3) is 17.1 Å². The molecular weight excluding hydrogens is 463 g/mol. The zero-order valence-electron chi connectivity index (χ0n) is 17.8. The number of nitrogens with zero attached hydrogens (tertiary/aromatic N) is 3. The highest BCUT2D eigenvalue weighted by Crippen LogP contribution is 2.32. The molecule has 0 fully saturated rings. The van der Waals surface area contributed by atoms with Crippen molar-refractivity contribution in [2.75, 3.05) is 12.4 Å². The van der Waals surface area contributed by atoms with Crippen LogP contribution in [0.4, 0.5) is 10.1 Å². The molecule has 33 heavy (non-hydrogen) atoms. The van der Waals surface area contributed by atoms with Crippen molar-refractivity contribution in [1.29, 1.82) is 0 Å². The molecule has 0 saturated carbocycles. The molecule has 0 aliphatic heterocycles. The van der Waals surface area contributed by atoms with Crippen LogP contribution in [0.15, 0.2) is 78.0 Å². The van der Waals surface area contributed by atoms with Crippen molar-refractivity contribution >= 4 is 35.0 Å². The van der Waals surface area contributed by atoms with E-state index in [0.717, 1.165) is 5.56 Å². The topological polar surface area (TPSA) is 69.0 Å². The molecule has 6 nitrogen and oxygen atoms in total. The molecule has 3 aromatic carbocycles. The molecule has 1 N–H and O–H groups in total. The van der Waals surface area contributed by atoms with Crippen LogP contribution in [-0.2, 0) is 4.79 Å². The SMILES string of the molecule is COc1ccc(Cl)cc1NC(=O)C(C)Sc1nnc(-c2ccccc2)n1-c1ccc(F)cc1. The number of rotatable bonds is 7. The average Bonchev–Trinajstić information content (AvgIpc) is 3.23. The zero-order valence-corrected chi connectivity index (χ0v) is 19.4. The smallest absolute Gasteiger partial charge is 0.237 e. The largest absolute Gasteiger partial charge is 0.495 e. The van der Waals surface area contributed by atoms with Gasteiger partial charge in [-0.25, -0.2) is 4.39 Å². The molecule has 1 atom stereocenters. The lowest BCUT2D eigenvalue weighted by Crippen LogP contribution is -2.23. The van der Waals surface area contributed by atoms with Crippen LogP contribution in [-0.4, -0.2) is 33.0 Å². The number of methoxy groups -OCH3 is 1. The Morgan fingerprint density at radius 2 is 1.82 bits per heavy atom. The normalized spacial score (nSPS) is 11.8. The maximum absolute atomic E-state index is 13.5. The third kappa shape index (κ3) is 5.18. The van der Waals surface area contributed by atoms with Crippen molar-refractivity contribution < 1.29 is 13.9 Å². The summed E-state index contributed by atoms with van der Waals surface area (Å²) in [5.41, 5.74) is 2.02. The lowest BCUT2D eigenvalue weighted by molar-refractivity contribution is -0.115. The summed E-state index contributed by atoms with van der Waals surface area (Å²) in [7, 11) is 1.52. The van der Waals surface area contributed by atoms with Gasteiger partial charge in [0.2, 0.25) is 5.91 Å². The standard InChI is InChI=1S/C24H20ClFN4O2S/c1-15(23(31)27-20-14-17(25)8-13-21(20)32-2)33-24-29-28-22(16-6-4-3-5-7-16)30(24)19-11-9-18(26)10-12-19/h3-15H,1-2H3,(H,27,31). The molecule has 1 amide bonds. The third-order valence-electron chi connectivity index (χ3n) is 4.82. The first-order chi connectivity index (χ1) is 16.0. The Kier molecular flexibility index (Phi) is 6.96. The predicted molar refractivity (Wildman–Crippen MR) is 129 cm³/mol. The van der Waals surface area contributed by atoms with Gasteiger partial charge in [0.25, 0.3) is 0 Å². The number of aromatic nitrogens is 3. The van der Waals surface area contributed by atoms with Gasteiger partial charge in [-0.3, -0.25) is 9.36 Å². The van der Waals surface area contributed by atoms with E-state index < -0.39 is 5.25 Å². The number of ether oxygens (including phenoxy) is 1. The Bertz CT molecular complexity index is 1270. The molecule has 4 rings (SSSR count). The van der Waals surface area contributed by atoms with Gasteiger partial charge < -0.3 is 10.1 Å². The molecule has 9 heteroatoms. The first kappa shape index (κ1) is 22.8. The second-order valence-corrected chi connectivity index (χ2v) is 8.82. The van der Waals surface area contributed by atoms with Gasteiger partial charge in [-0.05, 0) is 49.4 Å². The van der Waals surface area contributed by atoms with Gasteiger partial charge in [0, 0.05) is 16.3 Å². The summed E-state index contributed by atoms with van der Waals surface area (Å²) in [4.78, 5) is 12.9. The number of hydrogen-bond donors (Lipinski definition) is 1. The van der Waals surface area contributed by atoms with Crippen LogP contribution >= 0.6 is 23.4 Å². The molecule has 0 aliphatic rings. The van der Waals surface area contributed by atoms with Crippen LogP contribution in [0.3, 0.4) is 0 Å². The Labute approximate surface area is 199 Å². The van der Waals surface area contributed by atoms with E-state index in [2.05, 4.69) is 15.5 Å². The van der Waals surface area contributed by atoms with Crippen LogP contribution in [0.1, 0.15) is 6.92 Å². The fraction of sp³-hybridized carbons (Fsp3) is 0.125. The number of thioether (sulfide) groups is 1. The highest BCUT2D eigenvalue weighted by Gasteiger charge is 2.23. The van der Waals surface area contributed by atoms with Gasteiger partial charge in [-0.1, -0.05) is 53.7 Å². The molecular formula is C24H20ClFN4O2S. The number of hydrogen-bond acceptors (Lipinski definition) is 5. The summed E-state index contributed by atoms with van der Waals surface area (Å²) in [6.07, 6.45) is 0. The Hall–Kier alpha value is -3.36. The van der Waals surface area contributed by atoms with E-state index in [0.29, 0.717) is 33.1 Å². The van der Waals surface area contributed by atoms with Crippen molar-refractivity contribution in [3.63, 3.8) is 0 Å². The van der Waals surface area contributed by atoms with Crippen molar-refractivity contribution in [2.45, 2.75) is 17.3 Å². The zero-order chi connectivity index (χ0) is 23.4. The minimum atomic E-state index is -0.527. The number of carbonyl (C=O) groups excluding carboxylic acids is 1. The maximum atomic E-state index is 13.5. The number of amides is 1. The minimum absolute atomic E-state index is 0.254. The van der Waals surface area contributed by atoms with Crippen molar-refractivity contribution in [3.05, 3.63) is 83.6 Å². The lowest BCUT2D eigenvalue weighted by atomic mass is 10.2. The molecule has 0 radical (unpaired) electrons. The summed E-state index contributed by atoms with van der Waals surface area (Å²) >= 11 is 7.31. The minimum Gasteiger partial charge on any atom is -0.495 e. The van der Waals surface area contributed by atoms with E-state index in [-0.39, 0.29) is 11.7 Å². The summed E-state index contributed by atoms with van der Waals surface area (Å²) in [6, 6.07) is 20.6. The number of nitrogens with one attached hydrogen (secondary N) is 1. The van der Waals surface area contributed by atoms with E-state index in [1.807, 2.05) is 34.9 Å². The molecule has 1 unspecified atom stereocenters. The summed E-state index contributed by atoms with van der Waals surface area (Å²) in [6.45, 7) is 1.77. The molecule has 0 spiro atoms. The Morgan fingerprint density at radius 1 is 1.09 bits per heavy atom. The fourth-order valence-corrected chi connectivity index (χ4v) is 4.21. The highest BCUT2D eigenvalue weighted by molar-refractivity contribution is 8.00. The molecule has 0 saturated heterocycles. The van der Waals surface area contributed by atoms with Crippen molar-refractivity contribution in [2.24, 2.45) is 0 Å². The lowest BCUT2D eigenvalue weighted by Gasteiger charge is -2.15. The second-order valence-electron chi connectivity index (χ2n) is 7.08. The van der Waals surface area contributed by atoms with E-state index >= 15 is 0 Å².